The van der Waals surface area contributed by atoms with E-state index < -0.39 is 0 Å². The highest BCUT2D eigenvalue weighted by atomic mass is 15.1. The summed E-state index contributed by atoms with van der Waals surface area (Å²) >= 11 is 0. The lowest BCUT2D eigenvalue weighted by atomic mass is 9.77. The molecule has 0 amide bonds. The number of fused-ring (bicyclic) bond motifs is 6. The Morgan fingerprint density at radius 2 is 0.967 bits per heavy atom. The van der Waals surface area contributed by atoms with Gasteiger partial charge in [-0.2, -0.15) is 0 Å². The predicted octanol–water partition coefficient (Wildman–Crippen LogP) is 14.1. The molecule has 0 spiro atoms. The van der Waals surface area contributed by atoms with Crippen LogP contribution in [0.3, 0.4) is 0 Å². The summed E-state index contributed by atoms with van der Waals surface area (Å²) in [5, 5.41) is 4.85. The normalized spacial score (nSPS) is 15.7. The van der Waals surface area contributed by atoms with Gasteiger partial charge in [0.05, 0.1) is 33.5 Å². The first-order chi connectivity index (χ1) is 29.8. The van der Waals surface area contributed by atoms with Crippen LogP contribution >= 0.6 is 0 Å². The second kappa shape index (κ2) is 14.4. The van der Waals surface area contributed by atoms with Crippen molar-refractivity contribution in [2.24, 2.45) is 5.92 Å². The van der Waals surface area contributed by atoms with E-state index in [1.54, 1.807) is 0 Å². The Hall–Kier alpha value is -7.37. The fraction of sp³-hybridized carbons (Fsp3) is 0.125. The minimum Gasteiger partial charge on any atom is -0.309 e. The van der Waals surface area contributed by atoms with Gasteiger partial charge in [0.1, 0.15) is 5.82 Å². The van der Waals surface area contributed by atoms with E-state index in [9.17, 15) is 0 Å². The van der Waals surface area contributed by atoms with Gasteiger partial charge >= 0.3 is 0 Å². The molecule has 0 saturated carbocycles. The molecule has 2 unspecified atom stereocenters. The number of benzene rings is 7. The summed E-state index contributed by atoms with van der Waals surface area (Å²) < 4.78 is 4.81. The number of allylic oxidation sites excluding steroid dienone is 4. The van der Waals surface area contributed by atoms with Crippen molar-refractivity contribution in [3.05, 3.63) is 205 Å². The summed E-state index contributed by atoms with van der Waals surface area (Å²) in [6.45, 7) is 8.93. The highest BCUT2D eigenvalue weighted by Crippen LogP contribution is 2.46. The zero-order chi connectivity index (χ0) is 41.2. The fourth-order valence-electron chi connectivity index (χ4n) is 9.49. The van der Waals surface area contributed by atoms with Crippen LogP contribution in [0.4, 0.5) is 0 Å². The van der Waals surface area contributed by atoms with Crippen LogP contribution < -0.4 is 0 Å². The van der Waals surface area contributed by atoms with Crippen LogP contribution in [0.15, 0.2) is 188 Å². The second-order valence-electron chi connectivity index (χ2n) is 17.3. The van der Waals surface area contributed by atoms with Crippen molar-refractivity contribution in [3.63, 3.8) is 0 Å². The smallest absolute Gasteiger partial charge is 0.165 e. The van der Waals surface area contributed by atoms with Crippen molar-refractivity contribution in [3.8, 4) is 28.2 Å². The average Bonchev–Trinajstić information content (AvgIpc) is 3.82. The minimum absolute atomic E-state index is 0.0258. The molecule has 0 bridgehead atoms. The molecule has 11 rings (SSSR count). The van der Waals surface area contributed by atoms with Crippen molar-refractivity contribution in [1.82, 2.24) is 24.1 Å². The quantitative estimate of drug-likeness (QED) is 0.169. The van der Waals surface area contributed by atoms with E-state index in [4.69, 9.17) is 15.0 Å². The zero-order valence-electron chi connectivity index (χ0n) is 34.8. The standard InChI is InChI=1S/C56H45N5/c1-36-40(38-21-9-6-10-22-38)32-34-51(61-48-29-17-13-25-43(48)44-26-14-18-30-49(44)61)52(36)54-57-53(58-55(59-54)56(2,3)4)45-35-39(37-19-7-5-8-20-37)31-33-50(45)60-46-27-15-11-23-41(46)42-24-12-16-28-47(42)60/h5-36,40H,1-4H3. The molecule has 3 heterocycles. The van der Waals surface area contributed by atoms with Gasteiger partial charge in [0, 0.05) is 44.0 Å². The molecule has 3 aromatic heterocycles. The molecule has 10 aromatic rings. The number of rotatable bonds is 6. The predicted molar refractivity (Wildman–Crippen MR) is 254 cm³/mol. The third-order valence-electron chi connectivity index (χ3n) is 12.4. The summed E-state index contributed by atoms with van der Waals surface area (Å²) in [6, 6.07) is 63.0. The van der Waals surface area contributed by atoms with Crippen molar-refractivity contribution < 1.29 is 0 Å². The van der Waals surface area contributed by atoms with Crippen LogP contribution in [0, 0.1) is 5.92 Å². The summed E-state index contributed by atoms with van der Waals surface area (Å²) in [6.07, 6.45) is 4.69. The molecule has 61 heavy (non-hydrogen) atoms. The molecule has 0 fully saturated rings. The van der Waals surface area contributed by atoms with E-state index in [1.807, 2.05) is 0 Å². The Morgan fingerprint density at radius 1 is 0.475 bits per heavy atom. The Balaban J connectivity index is 1.23. The SMILES string of the molecule is CC1C(c2nc(-c3cc(-c4ccccc4)ccc3-n3c4ccccc4c4ccccc43)nc(C(C)(C)C)n2)=C(n2c3ccccc3c3ccccc32)C=CC1c1ccccc1. The van der Waals surface area contributed by atoms with E-state index in [1.165, 1.54) is 27.1 Å². The maximum absolute atomic E-state index is 5.66. The van der Waals surface area contributed by atoms with Gasteiger partial charge < -0.3 is 9.13 Å². The lowest BCUT2D eigenvalue weighted by Gasteiger charge is -2.31. The van der Waals surface area contributed by atoms with E-state index in [0.29, 0.717) is 11.6 Å². The van der Waals surface area contributed by atoms with Crippen LogP contribution in [0.5, 0.6) is 0 Å². The molecule has 0 N–H and O–H groups in total. The van der Waals surface area contributed by atoms with E-state index in [2.05, 4.69) is 225 Å². The number of para-hydroxylation sites is 4. The van der Waals surface area contributed by atoms with E-state index >= 15 is 0 Å². The first kappa shape index (κ1) is 36.7. The van der Waals surface area contributed by atoms with Gasteiger partial charge in [-0.1, -0.05) is 173 Å². The topological polar surface area (TPSA) is 48.5 Å². The van der Waals surface area contributed by atoms with Gasteiger partial charge in [-0.15, -0.1) is 0 Å². The third-order valence-corrected chi connectivity index (χ3v) is 12.4. The van der Waals surface area contributed by atoms with Gasteiger partial charge in [0.25, 0.3) is 0 Å². The molecule has 1 aliphatic rings. The number of hydrogen-bond acceptors (Lipinski definition) is 3. The highest BCUT2D eigenvalue weighted by Gasteiger charge is 2.33. The first-order valence-corrected chi connectivity index (χ1v) is 21.2. The number of hydrogen-bond donors (Lipinski definition) is 0. The van der Waals surface area contributed by atoms with E-state index in [-0.39, 0.29) is 17.3 Å². The minimum atomic E-state index is -0.378. The van der Waals surface area contributed by atoms with Crippen LogP contribution in [-0.2, 0) is 5.41 Å². The van der Waals surface area contributed by atoms with Crippen LogP contribution in [0.2, 0.25) is 0 Å². The summed E-state index contributed by atoms with van der Waals surface area (Å²) in [4.78, 5) is 16.6. The van der Waals surface area contributed by atoms with Crippen molar-refractivity contribution in [2.45, 2.75) is 39.0 Å². The average molecular weight is 788 g/mol. The molecule has 294 valence electrons. The molecule has 0 aliphatic heterocycles. The Kier molecular flexibility index (Phi) is 8.67. The third kappa shape index (κ3) is 6.11. The highest BCUT2D eigenvalue weighted by molar-refractivity contribution is 6.12. The first-order valence-electron chi connectivity index (χ1n) is 21.2. The molecule has 5 heteroatoms. The Bertz CT molecular complexity index is 3250. The largest absolute Gasteiger partial charge is 0.309 e. The van der Waals surface area contributed by atoms with Gasteiger partial charge in [-0.25, -0.2) is 15.0 Å². The van der Waals surface area contributed by atoms with Crippen LogP contribution in [0.1, 0.15) is 50.8 Å². The van der Waals surface area contributed by atoms with Crippen molar-refractivity contribution in [2.75, 3.05) is 0 Å². The molecule has 7 aromatic carbocycles. The Labute approximate surface area is 356 Å². The molecule has 5 nitrogen and oxygen atoms in total. The molecular weight excluding hydrogens is 743 g/mol. The van der Waals surface area contributed by atoms with Gasteiger partial charge in [-0.05, 0) is 65.1 Å². The van der Waals surface area contributed by atoms with Gasteiger partial charge in [0.2, 0.25) is 0 Å². The fourth-order valence-corrected chi connectivity index (χ4v) is 9.49. The maximum Gasteiger partial charge on any atom is 0.165 e. The molecule has 2 atom stereocenters. The molecular formula is C56H45N5. The summed E-state index contributed by atoms with van der Waals surface area (Å²) in [7, 11) is 0. The lowest BCUT2D eigenvalue weighted by molar-refractivity contribution is 0.539. The number of nitrogens with zero attached hydrogens (tertiary/aromatic N) is 5. The van der Waals surface area contributed by atoms with Crippen LogP contribution in [0.25, 0.3) is 83.1 Å². The zero-order valence-corrected chi connectivity index (χ0v) is 34.8. The Morgan fingerprint density at radius 3 is 1.52 bits per heavy atom. The van der Waals surface area contributed by atoms with Crippen molar-refractivity contribution in [1.29, 1.82) is 0 Å². The van der Waals surface area contributed by atoms with Gasteiger partial charge in [0.15, 0.2) is 11.6 Å². The monoisotopic (exact) mass is 787 g/mol. The molecule has 0 saturated heterocycles. The lowest BCUT2D eigenvalue weighted by Crippen LogP contribution is -2.22. The summed E-state index contributed by atoms with van der Waals surface area (Å²) in [5.41, 5.74) is 11.8. The maximum atomic E-state index is 5.66. The molecule has 1 aliphatic carbocycles. The van der Waals surface area contributed by atoms with Gasteiger partial charge in [-0.3, -0.25) is 0 Å². The van der Waals surface area contributed by atoms with E-state index in [0.717, 1.165) is 61.5 Å². The van der Waals surface area contributed by atoms with Crippen molar-refractivity contribution >= 4 is 54.9 Å². The second-order valence-corrected chi connectivity index (χ2v) is 17.3. The number of aromatic nitrogens is 5. The molecule has 0 radical (unpaired) electrons. The van der Waals surface area contributed by atoms with Crippen LogP contribution in [-0.4, -0.2) is 24.1 Å². The summed E-state index contributed by atoms with van der Waals surface area (Å²) in [5.74, 6) is 2.23.